The minimum atomic E-state index is -0.556. The quantitative estimate of drug-likeness (QED) is 0.786. The first-order chi connectivity index (χ1) is 7.63. The molecule has 1 fully saturated rings. The molecule has 1 aromatic rings. The normalized spacial score (nSPS) is 24.1. The van der Waals surface area contributed by atoms with E-state index in [1.165, 1.54) is 7.11 Å². The van der Waals surface area contributed by atoms with E-state index in [2.05, 4.69) is 0 Å². The number of carbonyl (C=O) groups excluding carboxylic acids is 1. The monoisotopic (exact) mass is 224 g/mol. The van der Waals surface area contributed by atoms with E-state index in [-0.39, 0.29) is 29.9 Å². The molecule has 16 heavy (non-hydrogen) atoms. The molecule has 2 atom stereocenters. The molecule has 0 spiro atoms. The van der Waals surface area contributed by atoms with Crippen LogP contribution in [0.1, 0.15) is 12.0 Å². The van der Waals surface area contributed by atoms with Crippen LogP contribution in [0.4, 0.5) is 4.39 Å². The van der Waals surface area contributed by atoms with Gasteiger partial charge < -0.3 is 9.47 Å². The molecule has 0 aliphatic heterocycles. The second kappa shape index (κ2) is 4.22. The van der Waals surface area contributed by atoms with Gasteiger partial charge in [0, 0.05) is 13.5 Å². The summed E-state index contributed by atoms with van der Waals surface area (Å²) in [6, 6.07) is 4.94. The topological polar surface area (TPSA) is 35.5 Å². The Kier molecular flexibility index (Phi) is 2.92. The second-order valence-electron chi connectivity index (χ2n) is 3.87. The van der Waals surface area contributed by atoms with Crippen LogP contribution < -0.4 is 4.74 Å². The van der Waals surface area contributed by atoms with Gasteiger partial charge in [0.15, 0.2) is 23.5 Å². The third-order valence-electron chi connectivity index (χ3n) is 2.75. The molecule has 0 N–H and O–H groups in total. The van der Waals surface area contributed by atoms with Gasteiger partial charge in [-0.15, -0.1) is 0 Å². The average molecular weight is 224 g/mol. The van der Waals surface area contributed by atoms with Crippen LogP contribution in [0.15, 0.2) is 18.2 Å². The van der Waals surface area contributed by atoms with E-state index in [4.69, 9.17) is 9.47 Å². The van der Waals surface area contributed by atoms with Crippen LogP contribution >= 0.6 is 0 Å². The van der Waals surface area contributed by atoms with E-state index >= 15 is 0 Å². The third kappa shape index (κ3) is 1.80. The first-order valence-electron chi connectivity index (χ1n) is 5.10. The molecule has 0 saturated heterocycles. The van der Waals surface area contributed by atoms with E-state index in [1.807, 2.05) is 0 Å². The first-order valence-corrected chi connectivity index (χ1v) is 5.10. The highest BCUT2D eigenvalue weighted by Gasteiger charge is 2.42. The van der Waals surface area contributed by atoms with Gasteiger partial charge in [0.1, 0.15) is 6.10 Å². The molecule has 0 amide bonds. The largest absolute Gasteiger partial charge is 0.484 e. The summed E-state index contributed by atoms with van der Waals surface area (Å²) in [4.78, 5) is 11.1. The van der Waals surface area contributed by atoms with Crippen LogP contribution in [-0.4, -0.2) is 25.1 Å². The summed E-state index contributed by atoms with van der Waals surface area (Å²) in [5.74, 6) is -0.197. The van der Waals surface area contributed by atoms with Gasteiger partial charge in [-0.2, -0.15) is 0 Å². The minimum absolute atomic E-state index is 0.000520. The van der Waals surface area contributed by atoms with Crippen LogP contribution in [0.2, 0.25) is 0 Å². The Hall–Kier alpha value is -1.42. The average Bonchev–Trinajstić information content (AvgIpc) is 2.24. The van der Waals surface area contributed by atoms with Gasteiger partial charge in [-0.25, -0.2) is 4.39 Å². The molecule has 2 unspecified atom stereocenters. The number of benzene rings is 1. The van der Waals surface area contributed by atoms with Crippen molar-refractivity contribution in [3.63, 3.8) is 0 Å². The van der Waals surface area contributed by atoms with Crippen molar-refractivity contribution in [3.8, 4) is 5.75 Å². The number of hydrogen-bond acceptors (Lipinski definition) is 3. The Labute approximate surface area is 93.2 Å². The molecule has 3 nitrogen and oxygen atoms in total. The van der Waals surface area contributed by atoms with Crippen LogP contribution in [0.3, 0.4) is 0 Å². The third-order valence-corrected chi connectivity index (χ3v) is 2.75. The Bertz CT molecular complexity index is 417. The van der Waals surface area contributed by atoms with Gasteiger partial charge in [0.05, 0.1) is 0 Å². The van der Waals surface area contributed by atoms with Gasteiger partial charge >= 0.3 is 0 Å². The molecule has 1 aromatic carbocycles. The van der Waals surface area contributed by atoms with Crippen LogP contribution in [0, 0.1) is 12.7 Å². The summed E-state index contributed by atoms with van der Waals surface area (Å²) in [5, 5.41) is 0. The smallest absolute Gasteiger partial charge is 0.169 e. The van der Waals surface area contributed by atoms with Crippen molar-refractivity contribution in [2.75, 3.05) is 7.11 Å². The summed E-state index contributed by atoms with van der Waals surface area (Å²) in [5.41, 5.74) is 0.525. The molecule has 0 radical (unpaired) electrons. The zero-order valence-electron chi connectivity index (χ0n) is 9.20. The number of ether oxygens (including phenoxy) is 2. The molecule has 0 bridgehead atoms. The molecule has 0 heterocycles. The molecule has 2 rings (SSSR count). The van der Waals surface area contributed by atoms with Crippen molar-refractivity contribution in [2.24, 2.45) is 0 Å². The van der Waals surface area contributed by atoms with Gasteiger partial charge in [0.2, 0.25) is 0 Å². The molecule has 1 saturated carbocycles. The summed E-state index contributed by atoms with van der Waals surface area (Å²) in [6.07, 6.45) is -0.639. The van der Waals surface area contributed by atoms with Gasteiger partial charge in [0.25, 0.3) is 0 Å². The number of ketones is 1. The number of halogens is 1. The highest BCUT2D eigenvalue weighted by Crippen LogP contribution is 2.27. The predicted molar refractivity (Wildman–Crippen MR) is 56.0 cm³/mol. The molecular formula is C12H13FO3. The van der Waals surface area contributed by atoms with Crippen LogP contribution in [0.5, 0.6) is 5.75 Å². The van der Waals surface area contributed by atoms with Crippen molar-refractivity contribution in [3.05, 3.63) is 29.6 Å². The lowest BCUT2D eigenvalue weighted by molar-refractivity contribution is -0.151. The Morgan fingerprint density at radius 1 is 1.44 bits per heavy atom. The number of Topliss-reactive ketones (excluding diaryl/α,β-unsaturated/α-hetero) is 1. The van der Waals surface area contributed by atoms with E-state index in [0.717, 1.165) is 0 Å². The van der Waals surface area contributed by atoms with Crippen molar-refractivity contribution >= 4 is 5.78 Å². The SMILES string of the molecule is COC1C(=O)CC1Oc1cccc(C)c1F. The van der Waals surface area contributed by atoms with Gasteiger partial charge in [-0.1, -0.05) is 12.1 Å². The standard InChI is InChI=1S/C12H13FO3/c1-7-4-3-5-9(11(7)13)16-10-6-8(14)12(10)15-2/h3-5,10,12H,6H2,1-2H3. The van der Waals surface area contributed by atoms with Crippen molar-refractivity contribution in [1.82, 2.24) is 0 Å². The number of aryl methyl sites for hydroxylation is 1. The molecule has 4 heteroatoms. The summed E-state index contributed by atoms with van der Waals surface area (Å²) in [7, 11) is 1.45. The van der Waals surface area contributed by atoms with Gasteiger partial charge in [-0.3, -0.25) is 4.79 Å². The maximum atomic E-state index is 13.6. The lowest BCUT2D eigenvalue weighted by atomic mass is 9.90. The summed E-state index contributed by atoms with van der Waals surface area (Å²) in [6.45, 7) is 1.67. The predicted octanol–water partition coefficient (Wildman–Crippen LogP) is 1.87. The number of carbonyl (C=O) groups is 1. The van der Waals surface area contributed by atoms with Gasteiger partial charge in [-0.05, 0) is 18.6 Å². The second-order valence-corrected chi connectivity index (χ2v) is 3.87. The molecular weight excluding hydrogens is 211 g/mol. The highest BCUT2D eigenvalue weighted by molar-refractivity contribution is 5.90. The summed E-state index contributed by atoms with van der Waals surface area (Å²) >= 11 is 0. The Morgan fingerprint density at radius 2 is 2.19 bits per heavy atom. The fourth-order valence-corrected chi connectivity index (χ4v) is 1.73. The van der Waals surface area contributed by atoms with E-state index in [0.29, 0.717) is 5.56 Å². The molecule has 0 aromatic heterocycles. The van der Waals surface area contributed by atoms with Crippen molar-refractivity contribution < 1.29 is 18.7 Å². The Morgan fingerprint density at radius 3 is 2.81 bits per heavy atom. The molecule has 1 aliphatic carbocycles. The lowest BCUT2D eigenvalue weighted by Crippen LogP contribution is -2.51. The van der Waals surface area contributed by atoms with E-state index in [1.54, 1.807) is 25.1 Å². The maximum Gasteiger partial charge on any atom is 0.169 e. The van der Waals surface area contributed by atoms with E-state index < -0.39 is 6.10 Å². The first kappa shape index (κ1) is 11.1. The zero-order valence-corrected chi connectivity index (χ0v) is 9.20. The zero-order chi connectivity index (χ0) is 11.7. The number of hydrogen-bond donors (Lipinski definition) is 0. The summed E-state index contributed by atoms with van der Waals surface area (Å²) < 4.78 is 24.0. The van der Waals surface area contributed by atoms with Crippen molar-refractivity contribution in [2.45, 2.75) is 25.6 Å². The number of methoxy groups -OCH3 is 1. The Balaban J connectivity index is 2.10. The fourth-order valence-electron chi connectivity index (χ4n) is 1.73. The molecule has 86 valence electrons. The van der Waals surface area contributed by atoms with Crippen LogP contribution in [-0.2, 0) is 9.53 Å². The minimum Gasteiger partial charge on any atom is -0.484 e. The fraction of sp³-hybridized carbons (Fsp3) is 0.417. The maximum absolute atomic E-state index is 13.6. The molecule has 1 aliphatic rings. The van der Waals surface area contributed by atoms with Crippen molar-refractivity contribution in [1.29, 1.82) is 0 Å². The van der Waals surface area contributed by atoms with E-state index in [9.17, 15) is 9.18 Å². The highest BCUT2D eigenvalue weighted by atomic mass is 19.1. The van der Waals surface area contributed by atoms with Crippen LogP contribution in [0.25, 0.3) is 0 Å². The number of rotatable bonds is 3. The lowest BCUT2D eigenvalue weighted by Gasteiger charge is -2.33.